The Hall–Kier alpha value is -0.840. The minimum Gasteiger partial charge on any atom is -0.465 e. The second-order valence-corrected chi connectivity index (χ2v) is 4.58. The van der Waals surface area contributed by atoms with E-state index in [0.29, 0.717) is 6.54 Å². The summed E-state index contributed by atoms with van der Waals surface area (Å²) in [7, 11) is 2.17. The van der Waals surface area contributed by atoms with Gasteiger partial charge in [-0.3, -0.25) is 4.90 Å². The number of nitrogens with zero attached hydrogens (tertiary/aromatic N) is 2. The van der Waals surface area contributed by atoms with Crippen molar-refractivity contribution < 1.29 is 4.42 Å². The third-order valence-corrected chi connectivity index (χ3v) is 3.26. The zero-order valence-electron chi connectivity index (χ0n) is 10.2. The van der Waals surface area contributed by atoms with Crippen LogP contribution in [-0.4, -0.2) is 43.0 Å². The van der Waals surface area contributed by atoms with Crippen molar-refractivity contribution in [1.82, 2.24) is 9.80 Å². The van der Waals surface area contributed by atoms with E-state index in [0.717, 1.165) is 44.2 Å². The fourth-order valence-corrected chi connectivity index (χ4v) is 2.09. The molecule has 4 nitrogen and oxygen atoms in total. The lowest BCUT2D eigenvalue weighted by Crippen LogP contribution is -2.43. The molecule has 0 aliphatic carbocycles. The van der Waals surface area contributed by atoms with Gasteiger partial charge in [0, 0.05) is 38.3 Å². The average Bonchev–Trinajstić information content (AvgIpc) is 2.63. The van der Waals surface area contributed by atoms with Crippen molar-refractivity contribution in [2.45, 2.75) is 20.0 Å². The van der Waals surface area contributed by atoms with E-state index in [9.17, 15) is 0 Å². The summed E-state index contributed by atoms with van der Waals surface area (Å²) in [5.41, 5.74) is 6.85. The predicted molar refractivity (Wildman–Crippen MR) is 64.1 cm³/mol. The first-order chi connectivity index (χ1) is 7.69. The number of hydrogen-bond acceptors (Lipinski definition) is 4. The summed E-state index contributed by atoms with van der Waals surface area (Å²) in [5, 5.41) is 0. The molecule has 1 aliphatic heterocycles. The molecule has 4 heteroatoms. The third-order valence-electron chi connectivity index (χ3n) is 3.26. The molecule has 0 saturated carbocycles. The second kappa shape index (κ2) is 4.99. The van der Waals surface area contributed by atoms with Crippen LogP contribution in [0.15, 0.2) is 10.5 Å². The van der Waals surface area contributed by atoms with Crippen molar-refractivity contribution in [3.8, 4) is 0 Å². The first-order valence-electron chi connectivity index (χ1n) is 5.88. The predicted octanol–water partition coefficient (Wildman–Crippen LogP) is 0.794. The minimum absolute atomic E-state index is 0.490. The molecular weight excluding hydrogens is 202 g/mol. The summed E-state index contributed by atoms with van der Waals surface area (Å²) in [6, 6.07) is 2.09. The van der Waals surface area contributed by atoms with E-state index >= 15 is 0 Å². The number of piperazine rings is 1. The molecule has 1 saturated heterocycles. The monoisotopic (exact) mass is 223 g/mol. The maximum absolute atomic E-state index is 5.57. The maximum atomic E-state index is 5.57. The van der Waals surface area contributed by atoms with Gasteiger partial charge in [-0.25, -0.2) is 0 Å². The van der Waals surface area contributed by atoms with E-state index in [4.69, 9.17) is 10.2 Å². The van der Waals surface area contributed by atoms with Crippen LogP contribution in [0.5, 0.6) is 0 Å². The van der Waals surface area contributed by atoms with Crippen LogP contribution in [0.4, 0.5) is 0 Å². The third kappa shape index (κ3) is 2.64. The Morgan fingerprint density at radius 1 is 1.31 bits per heavy atom. The molecule has 16 heavy (non-hydrogen) atoms. The van der Waals surface area contributed by atoms with E-state index in [1.807, 2.05) is 6.92 Å². The van der Waals surface area contributed by atoms with Crippen molar-refractivity contribution in [2.24, 2.45) is 5.73 Å². The number of furan rings is 1. The van der Waals surface area contributed by atoms with Gasteiger partial charge >= 0.3 is 0 Å². The molecule has 0 radical (unpaired) electrons. The Kier molecular flexibility index (Phi) is 3.63. The molecule has 0 aromatic carbocycles. The highest BCUT2D eigenvalue weighted by atomic mass is 16.3. The maximum Gasteiger partial charge on any atom is 0.118 e. The molecule has 0 amide bonds. The number of likely N-dealkylation sites (N-methyl/N-ethyl adjacent to an activating group) is 1. The Balaban J connectivity index is 1.95. The van der Waals surface area contributed by atoms with Crippen LogP contribution in [-0.2, 0) is 13.1 Å². The molecule has 0 unspecified atom stereocenters. The highest BCUT2D eigenvalue weighted by Crippen LogP contribution is 2.17. The van der Waals surface area contributed by atoms with Crippen LogP contribution in [0.25, 0.3) is 0 Å². The lowest BCUT2D eigenvalue weighted by atomic mass is 10.2. The topological polar surface area (TPSA) is 45.6 Å². The van der Waals surface area contributed by atoms with Gasteiger partial charge in [0.15, 0.2) is 0 Å². The molecular formula is C12H21N3O. The fraction of sp³-hybridized carbons (Fsp3) is 0.667. The van der Waals surface area contributed by atoms with Gasteiger partial charge in [-0.2, -0.15) is 0 Å². The van der Waals surface area contributed by atoms with Crippen LogP contribution in [0.2, 0.25) is 0 Å². The van der Waals surface area contributed by atoms with Gasteiger partial charge in [0.1, 0.15) is 11.5 Å². The molecule has 1 fully saturated rings. The summed E-state index contributed by atoms with van der Waals surface area (Å²) in [5.74, 6) is 1.90. The highest BCUT2D eigenvalue weighted by molar-refractivity contribution is 5.20. The summed E-state index contributed by atoms with van der Waals surface area (Å²) in [6.07, 6.45) is 0. The molecule has 0 spiro atoms. The number of hydrogen-bond donors (Lipinski definition) is 1. The SMILES string of the molecule is Cc1oc(CN)cc1CN1CCN(C)CC1. The molecule has 1 aliphatic rings. The Bertz CT molecular complexity index is 340. The van der Waals surface area contributed by atoms with Crippen molar-refractivity contribution in [1.29, 1.82) is 0 Å². The van der Waals surface area contributed by atoms with Crippen LogP contribution < -0.4 is 5.73 Å². The van der Waals surface area contributed by atoms with Gasteiger partial charge in [-0.15, -0.1) is 0 Å². The lowest BCUT2D eigenvalue weighted by molar-refractivity contribution is 0.147. The smallest absolute Gasteiger partial charge is 0.118 e. The van der Waals surface area contributed by atoms with Gasteiger partial charge in [-0.05, 0) is 20.0 Å². The highest BCUT2D eigenvalue weighted by Gasteiger charge is 2.16. The molecule has 1 aromatic heterocycles. The quantitative estimate of drug-likeness (QED) is 0.823. The molecule has 1 aromatic rings. The number of aryl methyl sites for hydroxylation is 1. The van der Waals surface area contributed by atoms with Crippen LogP contribution in [0.3, 0.4) is 0 Å². The first kappa shape index (κ1) is 11.6. The van der Waals surface area contributed by atoms with Gasteiger partial charge in [-0.1, -0.05) is 0 Å². The average molecular weight is 223 g/mol. The van der Waals surface area contributed by atoms with E-state index in [-0.39, 0.29) is 0 Å². The first-order valence-corrected chi connectivity index (χ1v) is 5.88. The number of nitrogens with two attached hydrogens (primary N) is 1. The zero-order chi connectivity index (χ0) is 11.5. The fourth-order valence-electron chi connectivity index (χ4n) is 2.09. The van der Waals surface area contributed by atoms with Crippen molar-refractivity contribution >= 4 is 0 Å². The van der Waals surface area contributed by atoms with E-state index in [1.165, 1.54) is 5.56 Å². The van der Waals surface area contributed by atoms with Crippen LogP contribution in [0.1, 0.15) is 17.1 Å². The molecule has 2 rings (SSSR count). The minimum atomic E-state index is 0.490. The van der Waals surface area contributed by atoms with E-state index in [2.05, 4.69) is 22.9 Å². The Labute approximate surface area is 97.0 Å². The van der Waals surface area contributed by atoms with Gasteiger partial charge in [0.25, 0.3) is 0 Å². The van der Waals surface area contributed by atoms with Gasteiger partial charge in [0.05, 0.1) is 6.54 Å². The van der Waals surface area contributed by atoms with Crippen molar-refractivity contribution in [2.75, 3.05) is 33.2 Å². The van der Waals surface area contributed by atoms with Crippen molar-refractivity contribution in [3.63, 3.8) is 0 Å². The van der Waals surface area contributed by atoms with E-state index in [1.54, 1.807) is 0 Å². The second-order valence-electron chi connectivity index (χ2n) is 4.58. The lowest BCUT2D eigenvalue weighted by Gasteiger charge is -2.32. The van der Waals surface area contributed by atoms with E-state index < -0.39 is 0 Å². The van der Waals surface area contributed by atoms with Gasteiger partial charge in [0.2, 0.25) is 0 Å². The van der Waals surface area contributed by atoms with Gasteiger partial charge < -0.3 is 15.1 Å². The Morgan fingerprint density at radius 3 is 2.56 bits per heavy atom. The summed E-state index contributed by atoms with van der Waals surface area (Å²) >= 11 is 0. The largest absolute Gasteiger partial charge is 0.465 e. The Morgan fingerprint density at radius 2 is 2.00 bits per heavy atom. The summed E-state index contributed by atoms with van der Waals surface area (Å²) in [6.45, 7) is 8.08. The molecule has 2 heterocycles. The van der Waals surface area contributed by atoms with Crippen molar-refractivity contribution in [3.05, 3.63) is 23.2 Å². The summed E-state index contributed by atoms with van der Waals surface area (Å²) < 4.78 is 5.56. The molecule has 90 valence electrons. The standard InChI is InChI=1S/C12H21N3O/c1-10-11(7-12(8-13)16-10)9-15-5-3-14(2)4-6-15/h7H,3-6,8-9,13H2,1-2H3. The normalized spacial score (nSPS) is 19.2. The van der Waals surface area contributed by atoms with Crippen LogP contribution in [0, 0.1) is 6.92 Å². The molecule has 0 atom stereocenters. The molecule has 2 N–H and O–H groups in total. The summed E-state index contributed by atoms with van der Waals surface area (Å²) in [4.78, 5) is 4.84. The molecule has 0 bridgehead atoms. The van der Waals surface area contributed by atoms with Crippen LogP contribution >= 0.6 is 0 Å². The zero-order valence-corrected chi connectivity index (χ0v) is 10.2. The number of rotatable bonds is 3.